The number of carbonyl (C=O) groups excluding carboxylic acids is 2. The molecule has 4 nitrogen and oxygen atoms in total. The normalized spacial score (nSPS) is 18.1. The second-order valence-corrected chi connectivity index (χ2v) is 7.91. The first-order valence-electron chi connectivity index (χ1n) is 9.28. The smallest absolute Gasteiger partial charge is 0.292 e. The van der Waals surface area contributed by atoms with Gasteiger partial charge in [0.05, 0.1) is 5.69 Å². The van der Waals surface area contributed by atoms with Gasteiger partial charge in [0.15, 0.2) is 0 Å². The maximum atomic E-state index is 13.5. The quantitative estimate of drug-likeness (QED) is 0.677. The van der Waals surface area contributed by atoms with E-state index < -0.39 is 11.4 Å². The zero-order valence-electron chi connectivity index (χ0n) is 15.5. The number of carbonyl (C=O) groups is 2. The standard InChI is InChI=1S/C22H22N2O2S/c1-3-24(4-2)21(26)20(25)22(15-10-6-5-7-11-15)14-18-19(23-22)16-12-8-9-13-17(16)27-18/h5-13,23H,3-4,14H2,1-2H3. The monoisotopic (exact) mass is 378 g/mol. The lowest BCUT2D eigenvalue weighted by molar-refractivity contribution is -0.146. The number of likely N-dealkylation sites (N-methyl/N-ethyl adjacent to an activating group) is 1. The van der Waals surface area contributed by atoms with Gasteiger partial charge in [-0.05, 0) is 25.5 Å². The Morgan fingerprint density at radius 1 is 1.04 bits per heavy atom. The number of nitrogens with one attached hydrogen (secondary N) is 1. The van der Waals surface area contributed by atoms with Gasteiger partial charge in [0, 0.05) is 34.5 Å². The van der Waals surface area contributed by atoms with Crippen molar-refractivity contribution in [2.45, 2.75) is 25.8 Å². The van der Waals surface area contributed by atoms with E-state index in [0.717, 1.165) is 21.5 Å². The van der Waals surface area contributed by atoms with Crippen molar-refractivity contribution in [1.29, 1.82) is 0 Å². The third-order valence-electron chi connectivity index (χ3n) is 5.33. The molecule has 0 saturated carbocycles. The maximum absolute atomic E-state index is 13.5. The molecule has 0 saturated heterocycles. The van der Waals surface area contributed by atoms with Crippen molar-refractivity contribution in [3.05, 3.63) is 65.0 Å². The van der Waals surface area contributed by atoms with Crippen LogP contribution in [-0.2, 0) is 21.5 Å². The number of benzene rings is 2. The molecule has 0 spiro atoms. The number of hydrogen-bond acceptors (Lipinski definition) is 4. The molecule has 3 aromatic rings. The van der Waals surface area contributed by atoms with Crippen LogP contribution in [0.1, 0.15) is 24.3 Å². The fourth-order valence-electron chi connectivity index (χ4n) is 3.86. The largest absolute Gasteiger partial charge is 0.367 e. The van der Waals surface area contributed by atoms with E-state index in [4.69, 9.17) is 0 Å². The van der Waals surface area contributed by atoms with Crippen LogP contribution in [0.2, 0.25) is 0 Å². The molecule has 1 aromatic heterocycles. The van der Waals surface area contributed by atoms with Crippen LogP contribution in [0.15, 0.2) is 54.6 Å². The fourth-order valence-corrected chi connectivity index (χ4v) is 5.10. The first-order valence-corrected chi connectivity index (χ1v) is 10.1. The summed E-state index contributed by atoms with van der Waals surface area (Å²) in [7, 11) is 0. The SMILES string of the molecule is CCN(CC)C(=O)C(=O)C1(c2ccccc2)Cc2sc3ccccc3c2N1. The molecule has 2 aromatic carbocycles. The van der Waals surface area contributed by atoms with Gasteiger partial charge in [0.1, 0.15) is 5.54 Å². The number of fused-ring (bicyclic) bond motifs is 3. The van der Waals surface area contributed by atoms with Crippen molar-refractivity contribution in [3.63, 3.8) is 0 Å². The van der Waals surface area contributed by atoms with E-state index >= 15 is 0 Å². The number of rotatable bonds is 5. The van der Waals surface area contributed by atoms with Crippen molar-refractivity contribution >= 4 is 38.8 Å². The molecule has 2 heterocycles. The molecule has 1 N–H and O–H groups in total. The molecule has 0 aliphatic carbocycles. The van der Waals surface area contributed by atoms with Crippen LogP contribution in [-0.4, -0.2) is 29.7 Å². The van der Waals surface area contributed by atoms with Crippen molar-refractivity contribution in [1.82, 2.24) is 4.90 Å². The molecule has 0 bridgehead atoms. The van der Waals surface area contributed by atoms with E-state index in [1.165, 1.54) is 4.70 Å². The molecule has 4 rings (SSSR count). The molecule has 1 aliphatic rings. The minimum atomic E-state index is -1.04. The van der Waals surface area contributed by atoms with Crippen molar-refractivity contribution in [3.8, 4) is 0 Å². The van der Waals surface area contributed by atoms with Crippen LogP contribution >= 0.6 is 11.3 Å². The molecule has 1 aliphatic heterocycles. The Labute approximate surface area is 162 Å². The number of thiophene rings is 1. The average molecular weight is 378 g/mol. The molecule has 0 radical (unpaired) electrons. The third-order valence-corrected chi connectivity index (χ3v) is 6.50. The molecular formula is C22H22N2O2S. The summed E-state index contributed by atoms with van der Waals surface area (Å²) in [6.45, 7) is 4.85. The summed E-state index contributed by atoms with van der Waals surface area (Å²) in [6, 6.07) is 17.8. The molecule has 5 heteroatoms. The number of hydrogen-bond donors (Lipinski definition) is 1. The van der Waals surface area contributed by atoms with E-state index in [0.29, 0.717) is 19.5 Å². The van der Waals surface area contributed by atoms with E-state index in [-0.39, 0.29) is 5.78 Å². The third kappa shape index (κ3) is 2.73. The molecule has 0 fully saturated rings. The van der Waals surface area contributed by atoms with Gasteiger partial charge in [-0.3, -0.25) is 9.59 Å². The summed E-state index contributed by atoms with van der Waals surface area (Å²) in [4.78, 5) is 29.1. The topological polar surface area (TPSA) is 49.4 Å². The van der Waals surface area contributed by atoms with Crippen molar-refractivity contribution < 1.29 is 9.59 Å². The van der Waals surface area contributed by atoms with Crippen LogP contribution in [0.25, 0.3) is 10.1 Å². The van der Waals surface area contributed by atoms with Gasteiger partial charge in [-0.1, -0.05) is 48.5 Å². The lowest BCUT2D eigenvalue weighted by Crippen LogP contribution is -2.51. The predicted molar refractivity (Wildman–Crippen MR) is 110 cm³/mol. The molecule has 1 atom stereocenters. The van der Waals surface area contributed by atoms with Gasteiger partial charge in [-0.25, -0.2) is 0 Å². The number of amides is 1. The van der Waals surface area contributed by atoms with Crippen LogP contribution < -0.4 is 5.32 Å². The Morgan fingerprint density at radius 3 is 2.41 bits per heavy atom. The highest BCUT2D eigenvalue weighted by molar-refractivity contribution is 7.19. The Bertz CT molecular complexity index is 1010. The van der Waals surface area contributed by atoms with Gasteiger partial charge in [-0.2, -0.15) is 0 Å². The lowest BCUT2D eigenvalue weighted by atomic mass is 9.83. The molecule has 138 valence electrons. The Morgan fingerprint density at radius 2 is 1.70 bits per heavy atom. The zero-order chi connectivity index (χ0) is 19.0. The molecule has 1 unspecified atom stereocenters. The highest BCUT2D eigenvalue weighted by atomic mass is 32.1. The van der Waals surface area contributed by atoms with Crippen LogP contribution in [0.4, 0.5) is 5.69 Å². The van der Waals surface area contributed by atoms with Crippen molar-refractivity contribution in [2.24, 2.45) is 0 Å². The summed E-state index contributed by atoms with van der Waals surface area (Å²) >= 11 is 1.69. The highest BCUT2D eigenvalue weighted by Crippen LogP contribution is 2.48. The molecule has 27 heavy (non-hydrogen) atoms. The summed E-state index contributed by atoms with van der Waals surface area (Å²) < 4.78 is 1.19. The van der Waals surface area contributed by atoms with Gasteiger partial charge in [0.25, 0.3) is 5.91 Å². The summed E-state index contributed by atoms with van der Waals surface area (Å²) in [5.74, 6) is -0.805. The van der Waals surface area contributed by atoms with E-state index in [1.54, 1.807) is 16.2 Å². The Kier molecular flexibility index (Phi) is 4.48. The first kappa shape index (κ1) is 17.7. The second kappa shape index (κ2) is 6.82. The minimum Gasteiger partial charge on any atom is -0.367 e. The second-order valence-electron chi connectivity index (χ2n) is 6.78. The van der Waals surface area contributed by atoms with Crippen LogP contribution in [0.3, 0.4) is 0 Å². The predicted octanol–water partition coefficient (Wildman–Crippen LogP) is 4.20. The molecular weight excluding hydrogens is 356 g/mol. The van der Waals surface area contributed by atoms with Gasteiger partial charge < -0.3 is 10.2 Å². The summed E-state index contributed by atoms with van der Waals surface area (Å²) in [5, 5.41) is 4.59. The zero-order valence-corrected chi connectivity index (χ0v) is 16.3. The number of nitrogens with zero attached hydrogens (tertiary/aromatic N) is 1. The molecule has 1 amide bonds. The summed E-state index contributed by atoms with van der Waals surface area (Å²) in [6.07, 6.45) is 0.498. The van der Waals surface area contributed by atoms with E-state index in [2.05, 4.69) is 17.4 Å². The van der Waals surface area contributed by atoms with Gasteiger partial charge >= 0.3 is 0 Å². The van der Waals surface area contributed by atoms with E-state index in [9.17, 15) is 9.59 Å². The lowest BCUT2D eigenvalue weighted by Gasteiger charge is -2.31. The number of Topliss-reactive ketones (excluding diaryl/α,β-unsaturated/α-hetero) is 1. The fraction of sp³-hybridized carbons (Fsp3) is 0.273. The minimum absolute atomic E-state index is 0.384. The van der Waals surface area contributed by atoms with E-state index in [1.807, 2.05) is 56.3 Å². The first-order chi connectivity index (χ1) is 13.1. The Hall–Kier alpha value is -2.66. The van der Waals surface area contributed by atoms with Crippen LogP contribution in [0, 0.1) is 0 Å². The Balaban J connectivity index is 1.82. The summed E-state index contributed by atoms with van der Waals surface area (Å²) in [5.41, 5.74) is 0.787. The van der Waals surface area contributed by atoms with Crippen LogP contribution in [0.5, 0.6) is 0 Å². The van der Waals surface area contributed by atoms with Crippen molar-refractivity contribution in [2.75, 3.05) is 18.4 Å². The number of ketones is 1. The average Bonchev–Trinajstić information content (AvgIpc) is 3.24. The highest BCUT2D eigenvalue weighted by Gasteiger charge is 2.49. The number of anilines is 1. The van der Waals surface area contributed by atoms with Gasteiger partial charge in [0.2, 0.25) is 5.78 Å². The maximum Gasteiger partial charge on any atom is 0.292 e. The van der Waals surface area contributed by atoms with Gasteiger partial charge in [-0.15, -0.1) is 11.3 Å².